The molecule has 2 heterocycles. The number of hydrogen-bond acceptors (Lipinski definition) is 5. The van der Waals surface area contributed by atoms with E-state index < -0.39 is 5.97 Å². The van der Waals surface area contributed by atoms with Gasteiger partial charge in [-0.15, -0.1) is 11.3 Å². The number of nitrogens with zero attached hydrogens (tertiary/aromatic N) is 2. The van der Waals surface area contributed by atoms with Crippen LogP contribution in [0.25, 0.3) is 21.3 Å². The third-order valence-electron chi connectivity index (χ3n) is 5.49. The van der Waals surface area contributed by atoms with Crippen LogP contribution in [0.15, 0.2) is 52.6 Å². The second kappa shape index (κ2) is 7.81. The molecular weight excluding hydrogens is 462 g/mol. The molecule has 0 aliphatic heterocycles. The standard InChI is InChI=1S/C23H18BrN3O2S/c24-16-7-8-19(17(10-16)23(28)29)27-21-20-18(11-30-22(20)26-12-25-21)15-6-5-13-3-1-2-4-14(13)9-15/h5-12H,1-4H2,(H,28,29)(H,25,26,27). The molecule has 0 radical (unpaired) electrons. The van der Waals surface area contributed by atoms with E-state index in [4.69, 9.17) is 0 Å². The van der Waals surface area contributed by atoms with Gasteiger partial charge in [0.2, 0.25) is 0 Å². The number of halogens is 1. The maximum Gasteiger partial charge on any atom is 0.337 e. The lowest BCUT2D eigenvalue weighted by atomic mass is 9.89. The van der Waals surface area contributed by atoms with Crippen molar-refractivity contribution < 1.29 is 9.90 Å². The van der Waals surface area contributed by atoms with Crippen molar-refractivity contribution in [2.24, 2.45) is 0 Å². The molecule has 2 N–H and O–H groups in total. The zero-order chi connectivity index (χ0) is 20.7. The Morgan fingerprint density at radius 1 is 1.07 bits per heavy atom. The molecular formula is C23H18BrN3O2S. The highest BCUT2D eigenvalue weighted by Crippen LogP contribution is 2.39. The highest BCUT2D eigenvalue weighted by molar-refractivity contribution is 9.10. The van der Waals surface area contributed by atoms with Crippen molar-refractivity contribution in [3.05, 3.63) is 69.3 Å². The quantitative estimate of drug-likeness (QED) is 0.352. The summed E-state index contributed by atoms with van der Waals surface area (Å²) in [5.74, 6) is -0.386. The molecule has 0 fully saturated rings. The Morgan fingerprint density at radius 2 is 1.90 bits per heavy atom. The molecule has 0 atom stereocenters. The topological polar surface area (TPSA) is 75.1 Å². The lowest BCUT2D eigenvalue weighted by Gasteiger charge is -2.17. The number of aromatic nitrogens is 2. The lowest BCUT2D eigenvalue weighted by Crippen LogP contribution is -2.04. The second-order valence-electron chi connectivity index (χ2n) is 7.36. The molecule has 2 aromatic heterocycles. The van der Waals surface area contributed by atoms with Crippen LogP contribution in [0.4, 0.5) is 11.5 Å². The molecule has 30 heavy (non-hydrogen) atoms. The van der Waals surface area contributed by atoms with Gasteiger partial charge in [0.25, 0.3) is 0 Å². The molecule has 0 saturated carbocycles. The van der Waals surface area contributed by atoms with Crippen LogP contribution in [0.2, 0.25) is 0 Å². The van der Waals surface area contributed by atoms with Gasteiger partial charge >= 0.3 is 5.97 Å². The van der Waals surface area contributed by atoms with E-state index in [-0.39, 0.29) is 5.56 Å². The third kappa shape index (κ3) is 3.48. The summed E-state index contributed by atoms with van der Waals surface area (Å²) in [4.78, 5) is 21.5. The molecule has 0 amide bonds. The van der Waals surface area contributed by atoms with Gasteiger partial charge < -0.3 is 10.4 Å². The van der Waals surface area contributed by atoms with Crippen molar-refractivity contribution in [2.45, 2.75) is 25.7 Å². The monoisotopic (exact) mass is 479 g/mol. The first-order chi connectivity index (χ1) is 14.6. The van der Waals surface area contributed by atoms with E-state index in [0.717, 1.165) is 34.2 Å². The van der Waals surface area contributed by atoms with Crippen LogP contribution in [0, 0.1) is 0 Å². The molecule has 5 nitrogen and oxygen atoms in total. The van der Waals surface area contributed by atoms with Crippen LogP contribution in [-0.4, -0.2) is 21.0 Å². The number of aryl methyl sites for hydroxylation is 2. The van der Waals surface area contributed by atoms with Crippen molar-refractivity contribution >= 4 is 55.0 Å². The predicted molar refractivity (Wildman–Crippen MR) is 124 cm³/mol. The molecule has 0 unspecified atom stereocenters. The number of carbonyl (C=O) groups is 1. The van der Waals surface area contributed by atoms with Gasteiger partial charge in [-0.2, -0.15) is 0 Å². The van der Waals surface area contributed by atoms with Gasteiger partial charge in [0.05, 0.1) is 16.6 Å². The Hall–Kier alpha value is -2.77. The third-order valence-corrected chi connectivity index (χ3v) is 6.87. The van der Waals surface area contributed by atoms with E-state index in [1.165, 1.54) is 30.3 Å². The average molecular weight is 480 g/mol. The number of anilines is 2. The van der Waals surface area contributed by atoms with Gasteiger partial charge in [-0.3, -0.25) is 0 Å². The molecule has 150 valence electrons. The molecule has 0 bridgehead atoms. The first-order valence-corrected chi connectivity index (χ1v) is 11.4. The van der Waals surface area contributed by atoms with Gasteiger partial charge in [0.1, 0.15) is 17.0 Å². The second-order valence-corrected chi connectivity index (χ2v) is 9.14. The molecule has 0 spiro atoms. The van der Waals surface area contributed by atoms with E-state index in [0.29, 0.717) is 16.0 Å². The van der Waals surface area contributed by atoms with Gasteiger partial charge in [0.15, 0.2) is 0 Å². The molecule has 2 aromatic carbocycles. The molecule has 0 saturated heterocycles. The summed E-state index contributed by atoms with van der Waals surface area (Å²) in [5, 5.41) is 15.9. The number of hydrogen-bond donors (Lipinski definition) is 2. The summed E-state index contributed by atoms with van der Waals surface area (Å²) in [6.45, 7) is 0. The SMILES string of the molecule is O=C(O)c1cc(Br)ccc1Nc1ncnc2scc(-c3ccc4c(c3)CCCC4)c12. The van der Waals surface area contributed by atoms with E-state index in [1.807, 2.05) is 6.07 Å². The smallest absolute Gasteiger partial charge is 0.337 e. The zero-order valence-corrected chi connectivity index (χ0v) is 18.4. The Morgan fingerprint density at radius 3 is 2.73 bits per heavy atom. The summed E-state index contributed by atoms with van der Waals surface area (Å²) in [5.41, 5.74) is 5.76. The fourth-order valence-electron chi connectivity index (χ4n) is 4.01. The minimum Gasteiger partial charge on any atom is -0.478 e. The Balaban J connectivity index is 1.62. The summed E-state index contributed by atoms with van der Waals surface area (Å²) in [6, 6.07) is 11.8. The van der Waals surface area contributed by atoms with Crippen molar-refractivity contribution in [2.75, 3.05) is 5.32 Å². The van der Waals surface area contributed by atoms with Gasteiger partial charge in [-0.05, 0) is 60.6 Å². The van der Waals surface area contributed by atoms with E-state index >= 15 is 0 Å². The van der Waals surface area contributed by atoms with Crippen molar-refractivity contribution in [3.8, 4) is 11.1 Å². The van der Waals surface area contributed by atoms with Crippen LogP contribution in [0.3, 0.4) is 0 Å². The highest BCUT2D eigenvalue weighted by atomic mass is 79.9. The number of aromatic carboxylic acids is 1. The summed E-state index contributed by atoms with van der Waals surface area (Å²) < 4.78 is 0.712. The Kier molecular flexibility index (Phi) is 5.00. The maximum absolute atomic E-state index is 11.7. The van der Waals surface area contributed by atoms with Crippen molar-refractivity contribution in [1.29, 1.82) is 0 Å². The van der Waals surface area contributed by atoms with Crippen LogP contribution < -0.4 is 5.32 Å². The van der Waals surface area contributed by atoms with E-state index in [1.54, 1.807) is 23.5 Å². The molecule has 4 aromatic rings. The van der Waals surface area contributed by atoms with Gasteiger partial charge in [-0.1, -0.05) is 34.1 Å². The van der Waals surface area contributed by atoms with E-state index in [2.05, 4.69) is 54.8 Å². The number of carboxylic acids is 1. The van der Waals surface area contributed by atoms with Gasteiger partial charge in [-0.25, -0.2) is 14.8 Å². The Labute approximate surface area is 185 Å². The maximum atomic E-state index is 11.7. The molecule has 1 aliphatic rings. The summed E-state index contributed by atoms with van der Waals surface area (Å²) in [6.07, 6.45) is 6.27. The molecule has 1 aliphatic carbocycles. The number of nitrogens with one attached hydrogen (secondary N) is 1. The van der Waals surface area contributed by atoms with Crippen LogP contribution >= 0.6 is 27.3 Å². The molecule has 7 heteroatoms. The van der Waals surface area contributed by atoms with Crippen molar-refractivity contribution in [3.63, 3.8) is 0 Å². The average Bonchev–Trinajstić information content (AvgIpc) is 3.20. The number of rotatable bonds is 4. The summed E-state index contributed by atoms with van der Waals surface area (Å²) >= 11 is 4.91. The fraction of sp³-hybridized carbons (Fsp3) is 0.174. The lowest BCUT2D eigenvalue weighted by molar-refractivity contribution is 0.0698. The predicted octanol–water partition coefficient (Wildman–Crippen LogP) is 6.44. The van der Waals surface area contributed by atoms with Crippen LogP contribution in [0.1, 0.15) is 34.3 Å². The zero-order valence-electron chi connectivity index (χ0n) is 16.0. The number of carboxylic acid groups (broad SMARTS) is 1. The molecule has 5 rings (SSSR count). The van der Waals surface area contributed by atoms with Crippen LogP contribution in [-0.2, 0) is 12.8 Å². The minimum absolute atomic E-state index is 0.182. The Bertz CT molecular complexity index is 1280. The van der Waals surface area contributed by atoms with E-state index in [9.17, 15) is 9.90 Å². The first-order valence-electron chi connectivity index (χ1n) is 9.74. The van der Waals surface area contributed by atoms with Gasteiger partial charge in [0, 0.05) is 15.4 Å². The highest BCUT2D eigenvalue weighted by Gasteiger charge is 2.18. The normalized spacial score (nSPS) is 13.2. The summed E-state index contributed by atoms with van der Waals surface area (Å²) in [7, 11) is 0. The number of thiophene rings is 1. The minimum atomic E-state index is -0.996. The number of benzene rings is 2. The number of fused-ring (bicyclic) bond motifs is 2. The first kappa shape index (κ1) is 19.2. The van der Waals surface area contributed by atoms with Crippen molar-refractivity contribution in [1.82, 2.24) is 9.97 Å². The van der Waals surface area contributed by atoms with Crippen LogP contribution in [0.5, 0.6) is 0 Å². The fourth-order valence-corrected chi connectivity index (χ4v) is 5.29. The largest absolute Gasteiger partial charge is 0.478 e.